The van der Waals surface area contributed by atoms with E-state index in [1.807, 2.05) is 24.6 Å². The maximum Gasteiger partial charge on any atom is 0.407 e. The molecule has 0 aromatic heterocycles. The fourth-order valence-corrected chi connectivity index (χ4v) is 3.52. The van der Waals surface area contributed by atoms with Gasteiger partial charge >= 0.3 is 6.09 Å². The Morgan fingerprint density at radius 3 is 2.52 bits per heavy atom. The summed E-state index contributed by atoms with van der Waals surface area (Å²) in [6, 6.07) is 0.538. The highest BCUT2D eigenvalue weighted by Gasteiger charge is 2.04. The Morgan fingerprint density at radius 2 is 1.84 bits per heavy atom. The van der Waals surface area contributed by atoms with Crippen LogP contribution in [0.25, 0.3) is 0 Å². The second kappa shape index (κ2) is 16.9. The van der Waals surface area contributed by atoms with Crippen LogP contribution in [0.1, 0.15) is 47.5 Å². The maximum absolute atomic E-state index is 11.4. The maximum atomic E-state index is 11.4. The molecule has 0 saturated heterocycles. The Labute approximate surface area is 161 Å². The van der Waals surface area contributed by atoms with Crippen molar-refractivity contribution in [1.29, 1.82) is 0 Å². The van der Waals surface area contributed by atoms with Crippen molar-refractivity contribution in [2.75, 3.05) is 32.1 Å². The van der Waals surface area contributed by atoms with Crippen molar-refractivity contribution in [2.24, 2.45) is 5.92 Å². The van der Waals surface area contributed by atoms with Crippen LogP contribution in [-0.2, 0) is 9.47 Å². The van der Waals surface area contributed by atoms with Crippen LogP contribution < -0.4 is 10.6 Å². The Morgan fingerprint density at radius 1 is 1.12 bits per heavy atom. The number of nitrogens with one attached hydrogen (secondary N) is 2. The van der Waals surface area contributed by atoms with Gasteiger partial charge in [-0.15, -0.1) is 0 Å². The molecule has 146 valence electrons. The summed E-state index contributed by atoms with van der Waals surface area (Å²) in [4.78, 5) is 11.4. The number of hydrogen-bond donors (Lipinski definition) is 2. The average molecular weight is 391 g/mol. The Balaban J connectivity index is 3.39. The largest absolute Gasteiger partial charge is 0.450 e. The van der Waals surface area contributed by atoms with Gasteiger partial charge in [-0.3, -0.25) is 0 Å². The van der Waals surface area contributed by atoms with Gasteiger partial charge in [0.15, 0.2) is 0 Å². The summed E-state index contributed by atoms with van der Waals surface area (Å²) in [7, 11) is 3.58. The summed E-state index contributed by atoms with van der Waals surface area (Å²) in [5, 5.41) is 6.00. The van der Waals surface area contributed by atoms with E-state index in [2.05, 4.69) is 43.2 Å². The minimum Gasteiger partial charge on any atom is -0.450 e. The predicted octanol–water partition coefficient (Wildman–Crippen LogP) is 3.89. The summed E-state index contributed by atoms with van der Waals surface area (Å²) in [5.74, 6) is 7.24. The number of rotatable bonds is 13. The van der Waals surface area contributed by atoms with Crippen molar-refractivity contribution in [3.8, 4) is 11.8 Å². The van der Waals surface area contributed by atoms with Crippen molar-refractivity contribution >= 4 is 27.7 Å². The lowest BCUT2D eigenvalue weighted by Crippen LogP contribution is -2.25. The van der Waals surface area contributed by atoms with Gasteiger partial charge in [0.2, 0.25) is 0 Å². The van der Waals surface area contributed by atoms with Crippen molar-refractivity contribution in [2.45, 2.75) is 58.9 Å². The van der Waals surface area contributed by atoms with E-state index < -0.39 is 6.09 Å². The quantitative estimate of drug-likeness (QED) is 0.215. The molecule has 0 aliphatic carbocycles. The van der Waals surface area contributed by atoms with Gasteiger partial charge in [-0.2, -0.15) is 0 Å². The van der Waals surface area contributed by atoms with Crippen LogP contribution in [-0.4, -0.2) is 49.6 Å². The molecule has 1 atom stereocenters. The van der Waals surface area contributed by atoms with Gasteiger partial charge < -0.3 is 20.1 Å². The lowest BCUT2D eigenvalue weighted by molar-refractivity contribution is 0.109. The first-order valence-corrected chi connectivity index (χ1v) is 11.3. The molecule has 0 bridgehead atoms. The molecular formula is C18H34N2O3S2. The van der Waals surface area contributed by atoms with Crippen molar-refractivity contribution in [3.05, 3.63) is 0 Å². The molecule has 0 aliphatic heterocycles. The van der Waals surface area contributed by atoms with Crippen LogP contribution in [0.15, 0.2) is 0 Å². The Bertz CT molecular complexity index is 396. The van der Waals surface area contributed by atoms with Crippen molar-refractivity contribution in [3.63, 3.8) is 0 Å². The fourth-order valence-electron chi connectivity index (χ4n) is 1.60. The molecule has 0 unspecified atom stereocenters. The van der Waals surface area contributed by atoms with Crippen LogP contribution in [0, 0.1) is 17.8 Å². The predicted molar refractivity (Wildman–Crippen MR) is 110 cm³/mol. The molecule has 0 fully saturated rings. The first-order chi connectivity index (χ1) is 11.9. The summed E-state index contributed by atoms with van der Waals surface area (Å²) in [6.45, 7) is 12.8. The van der Waals surface area contributed by atoms with Crippen LogP contribution in [0.3, 0.4) is 0 Å². The van der Waals surface area contributed by atoms with Gasteiger partial charge in [-0.05, 0) is 19.8 Å². The number of ether oxygens (including phenoxy) is 2. The van der Waals surface area contributed by atoms with Crippen molar-refractivity contribution in [1.82, 2.24) is 10.6 Å². The van der Waals surface area contributed by atoms with Crippen LogP contribution in [0.2, 0.25) is 0 Å². The number of carbonyl (C=O) groups excluding carboxylic acids is 1. The molecule has 0 aliphatic rings. The number of carbonyl (C=O) groups is 1. The minimum absolute atomic E-state index is 0.174. The molecule has 0 radical (unpaired) electrons. The van der Waals surface area contributed by atoms with Gasteiger partial charge in [0.25, 0.3) is 0 Å². The van der Waals surface area contributed by atoms with Crippen LogP contribution in [0.4, 0.5) is 4.79 Å². The van der Waals surface area contributed by atoms with Gasteiger partial charge in [0.05, 0.1) is 13.2 Å². The Kier molecular flexibility index (Phi) is 16.5. The zero-order chi connectivity index (χ0) is 18.9. The molecule has 1 amide bonds. The van der Waals surface area contributed by atoms with Gasteiger partial charge in [0, 0.05) is 30.9 Å². The molecule has 25 heavy (non-hydrogen) atoms. The van der Waals surface area contributed by atoms with Crippen molar-refractivity contribution < 1.29 is 14.3 Å². The number of hydrogen-bond acceptors (Lipinski definition) is 6. The summed E-state index contributed by atoms with van der Waals surface area (Å²) >= 11 is 0. The molecule has 7 heteroatoms. The third kappa shape index (κ3) is 19.6. The van der Waals surface area contributed by atoms with E-state index in [1.165, 1.54) is 0 Å². The molecule has 5 nitrogen and oxygen atoms in total. The van der Waals surface area contributed by atoms with Crippen LogP contribution >= 0.6 is 21.6 Å². The average Bonchev–Trinajstić information content (AvgIpc) is 2.54. The number of unbranched alkanes of at least 4 members (excludes halogenated alkanes) is 1. The number of alkyl carbamates (subject to hydrolysis) is 1. The second-order valence-corrected chi connectivity index (χ2v) is 8.92. The van der Waals surface area contributed by atoms with E-state index in [0.717, 1.165) is 25.1 Å². The van der Waals surface area contributed by atoms with Gasteiger partial charge in [-0.1, -0.05) is 61.1 Å². The fraction of sp³-hybridized carbons (Fsp3) is 0.833. The van der Waals surface area contributed by atoms with Crippen LogP contribution in [0.5, 0.6) is 0 Å². The molecule has 0 spiro atoms. The molecule has 0 aromatic carbocycles. The van der Waals surface area contributed by atoms with Gasteiger partial charge in [-0.25, -0.2) is 4.79 Å². The zero-order valence-corrected chi connectivity index (χ0v) is 17.9. The Hall–Kier alpha value is -0.550. The lowest BCUT2D eigenvalue weighted by Gasteiger charge is -2.12. The molecule has 0 heterocycles. The standard InChI is InChI=1S/C18H34N2O3S2/c1-15(2)9-8-10-20-18(21)23-13-7-6-12-22-17(5)25-24-14-11-19-16(3)4/h15-17,19H,6-7,10-14H2,1-5H3,(H,20,21)/t17-/m0/s1. The second-order valence-electron chi connectivity index (χ2n) is 6.14. The third-order valence-corrected chi connectivity index (χ3v) is 5.41. The van der Waals surface area contributed by atoms with E-state index in [1.54, 1.807) is 10.8 Å². The highest BCUT2D eigenvalue weighted by Crippen LogP contribution is 2.26. The molecule has 2 N–H and O–H groups in total. The van der Waals surface area contributed by atoms with E-state index in [4.69, 9.17) is 9.47 Å². The van der Waals surface area contributed by atoms with Gasteiger partial charge in [0.1, 0.15) is 5.44 Å². The smallest absolute Gasteiger partial charge is 0.407 e. The lowest BCUT2D eigenvalue weighted by atomic mass is 10.2. The summed E-state index contributed by atoms with van der Waals surface area (Å²) in [6.07, 6.45) is 1.27. The van der Waals surface area contributed by atoms with E-state index in [9.17, 15) is 4.79 Å². The normalized spacial score (nSPS) is 12.0. The molecule has 0 aromatic rings. The summed E-state index contributed by atoms with van der Waals surface area (Å²) < 4.78 is 10.8. The molecule has 0 saturated carbocycles. The monoisotopic (exact) mass is 390 g/mol. The SMILES string of the molecule is CC(C)C#CCNC(=O)OCCCCO[C@H](C)SSCCNC(C)C. The zero-order valence-electron chi connectivity index (χ0n) is 16.2. The third-order valence-electron chi connectivity index (χ3n) is 2.78. The first kappa shape index (κ1) is 24.5. The first-order valence-electron chi connectivity index (χ1n) is 8.94. The van der Waals surface area contributed by atoms with E-state index in [0.29, 0.717) is 31.7 Å². The molecular weight excluding hydrogens is 356 g/mol. The van der Waals surface area contributed by atoms with E-state index >= 15 is 0 Å². The highest BCUT2D eigenvalue weighted by molar-refractivity contribution is 8.76. The summed E-state index contributed by atoms with van der Waals surface area (Å²) in [5.41, 5.74) is 0.174. The minimum atomic E-state index is -0.408. The molecule has 0 rings (SSSR count). The topological polar surface area (TPSA) is 59.6 Å². The number of amides is 1. The highest BCUT2D eigenvalue weighted by atomic mass is 33.1. The van der Waals surface area contributed by atoms with E-state index in [-0.39, 0.29) is 5.44 Å².